The lowest BCUT2D eigenvalue weighted by Gasteiger charge is -2.26. The van der Waals surface area contributed by atoms with E-state index in [1.54, 1.807) is 31.5 Å². The molecule has 1 aliphatic heterocycles. The third-order valence-corrected chi connectivity index (χ3v) is 8.22. The fourth-order valence-electron chi connectivity index (χ4n) is 5.75. The average molecular weight is 587 g/mol. The molecule has 3 N–H and O–H groups in total. The van der Waals surface area contributed by atoms with Gasteiger partial charge in [0.25, 0.3) is 5.91 Å². The first kappa shape index (κ1) is 30.4. The van der Waals surface area contributed by atoms with Crippen LogP contribution in [-0.2, 0) is 11.2 Å². The van der Waals surface area contributed by atoms with E-state index in [0.717, 1.165) is 51.3 Å². The number of anilines is 3. The molecule has 1 saturated carbocycles. The third kappa shape index (κ3) is 8.52. The van der Waals surface area contributed by atoms with Crippen molar-refractivity contribution in [2.24, 2.45) is 0 Å². The number of aromatic nitrogens is 2. The number of carbonyl (C=O) groups is 2. The number of rotatable bonds is 10. The first-order chi connectivity index (χ1) is 21.0. The van der Waals surface area contributed by atoms with Gasteiger partial charge in [-0.2, -0.15) is 0 Å². The van der Waals surface area contributed by atoms with Crippen LogP contribution in [0.2, 0.25) is 0 Å². The Kier molecular flexibility index (Phi) is 10.6. The second kappa shape index (κ2) is 14.9. The van der Waals surface area contributed by atoms with Gasteiger partial charge in [-0.15, -0.1) is 0 Å². The smallest absolute Gasteiger partial charge is 0.324 e. The minimum Gasteiger partial charge on any atom is -0.495 e. The number of nitrogens with zero attached hydrogens (tertiary/aromatic N) is 3. The lowest BCUT2D eigenvalue weighted by Crippen LogP contribution is -2.37. The summed E-state index contributed by atoms with van der Waals surface area (Å²) in [5.41, 5.74) is 3.66. The Balaban J connectivity index is 1.19. The molecule has 10 nitrogen and oxygen atoms in total. The second-order valence-corrected chi connectivity index (χ2v) is 11.3. The monoisotopic (exact) mass is 586 g/mol. The summed E-state index contributed by atoms with van der Waals surface area (Å²) >= 11 is 0. The summed E-state index contributed by atoms with van der Waals surface area (Å²) < 4.78 is 10.9. The van der Waals surface area contributed by atoms with E-state index in [2.05, 4.69) is 36.9 Å². The Morgan fingerprint density at radius 1 is 0.977 bits per heavy atom. The van der Waals surface area contributed by atoms with E-state index < -0.39 is 6.03 Å². The van der Waals surface area contributed by atoms with E-state index in [9.17, 15) is 9.59 Å². The molecule has 0 unspecified atom stereocenters. The molecule has 0 atom stereocenters. The Labute approximate surface area is 253 Å². The molecule has 5 rings (SSSR count). The highest BCUT2D eigenvalue weighted by atomic mass is 16.5. The standard InChI is InChI=1S/C33H42N6O4/c1-23-10-11-26(32(40)35-28-21-25(12-13-29(28)42-2)24-7-4-3-5-8-24)22-27(23)36-33(41)38-31-14-15-34-30(37-31)9-6-16-39-17-19-43-20-18-39/h10-15,21-22,24H,3-9,16-20H2,1-2H3,(H,35,40)(H2,34,36,37,38,41). The van der Waals surface area contributed by atoms with Crippen molar-refractivity contribution in [2.75, 3.05) is 55.9 Å². The van der Waals surface area contributed by atoms with Crippen LogP contribution in [0.5, 0.6) is 5.75 Å². The molecule has 2 fully saturated rings. The molecule has 228 valence electrons. The molecule has 2 heterocycles. The number of nitrogens with one attached hydrogen (secondary N) is 3. The molecule has 0 spiro atoms. The average Bonchev–Trinajstić information content (AvgIpc) is 3.03. The summed E-state index contributed by atoms with van der Waals surface area (Å²) in [6, 6.07) is 12.5. The number of amides is 3. The summed E-state index contributed by atoms with van der Waals surface area (Å²) in [6.07, 6.45) is 9.39. The molecule has 2 aromatic carbocycles. The first-order valence-electron chi connectivity index (χ1n) is 15.3. The predicted octanol–water partition coefficient (Wildman–Crippen LogP) is 6.00. The summed E-state index contributed by atoms with van der Waals surface area (Å²) in [5.74, 6) is 1.95. The van der Waals surface area contributed by atoms with Crippen LogP contribution in [0.25, 0.3) is 0 Å². The van der Waals surface area contributed by atoms with E-state index in [1.807, 2.05) is 25.1 Å². The number of benzene rings is 2. The van der Waals surface area contributed by atoms with Gasteiger partial charge in [-0.3, -0.25) is 15.0 Å². The molecule has 0 radical (unpaired) electrons. The molecular formula is C33H42N6O4. The molecule has 3 aromatic rings. The molecular weight excluding hydrogens is 544 g/mol. The van der Waals surface area contributed by atoms with Gasteiger partial charge in [0.1, 0.15) is 17.4 Å². The van der Waals surface area contributed by atoms with Gasteiger partial charge in [-0.05, 0) is 80.1 Å². The maximum absolute atomic E-state index is 13.3. The number of morpholine rings is 1. The lowest BCUT2D eigenvalue weighted by molar-refractivity contribution is 0.0374. The maximum Gasteiger partial charge on any atom is 0.324 e. The van der Waals surface area contributed by atoms with Gasteiger partial charge in [-0.1, -0.05) is 31.4 Å². The molecule has 10 heteroatoms. The van der Waals surface area contributed by atoms with Crippen molar-refractivity contribution < 1.29 is 19.1 Å². The lowest BCUT2D eigenvalue weighted by atomic mass is 9.84. The highest BCUT2D eigenvalue weighted by Gasteiger charge is 2.19. The fourth-order valence-corrected chi connectivity index (χ4v) is 5.75. The molecule has 1 aliphatic carbocycles. The van der Waals surface area contributed by atoms with Gasteiger partial charge in [0.05, 0.1) is 26.0 Å². The number of hydrogen-bond donors (Lipinski definition) is 3. The SMILES string of the molecule is COc1ccc(C2CCCCC2)cc1NC(=O)c1ccc(C)c(NC(=O)Nc2ccnc(CCCN3CCOCC3)n2)c1. The van der Waals surface area contributed by atoms with Crippen LogP contribution >= 0.6 is 0 Å². The van der Waals surface area contributed by atoms with Crippen LogP contribution in [-0.4, -0.2) is 66.8 Å². The summed E-state index contributed by atoms with van der Waals surface area (Å²) in [4.78, 5) is 37.4. The quantitative estimate of drug-likeness (QED) is 0.267. The highest BCUT2D eigenvalue weighted by Crippen LogP contribution is 2.36. The van der Waals surface area contributed by atoms with Crippen molar-refractivity contribution in [3.8, 4) is 5.75 Å². The van der Waals surface area contributed by atoms with Crippen molar-refractivity contribution in [3.05, 3.63) is 71.2 Å². The van der Waals surface area contributed by atoms with Crippen molar-refractivity contribution in [1.82, 2.24) is 14.9 Å². The van der Waals surface area contributed by atoms with Crippen LogP contribution in [0.15, 0.2) is 48.7 Å². The Hall–Kier alpha value is -4.02. The van der Waals surface area contributed by atoms with E-state index in [1.165, 1.54) is 37.7 Å². The normalized spacial score (nSPS) is 16.0. The van der Waals surface area contributed by atoms with Crippen LogP contribution in [0, 0.1) is 6.92 Å². The largest absolute Gasteiger partial charge is 0.495 e. The number of aryl methyl sites for hydroxylation is 2. The van der Waals surface area contributed by atoms with Crippen LogP contribution in [0.1, 0.15) is 71.8 Å². The van der Waals surface area contributed by atoms with Crippen molar-refractivity contribution in [3.63, 3.8) is 0 Å². The van der Waals surface area contributed by atoms with Gasteiger partial charge >= 0.3 is 6.03 Å². The summed E-state index contributed by atoms with van der Waals surface area (Å²) in [5, 5.41) is 8.68. The highest BCUT2D eigenvalue weighted by molar-refractivity contribution is 6.07. The van der Waals surface area contributed by atoms with Crippen molar-refractivity contribution in [2.45, 2.75) is 57.8 Å². The van der Waals surface area contributed by atoms with E-state index in [4.69, 9.17) is 9.47 Å². The number of ether oxygens (including phenoxy) is 2. The van der Waals surface area contributed by atoms with Crippen LogP contribution in [0.4, 0.5) is 22.0 Å². The molecule has 1 saturated heterocycles. The third-order valence-electron chi connectivity index (χ3n) is 8.22. The zero-order valence-corrected chi connectivity index (χ0v) is 25.2. The van der Waals surface area contributed by atoms with Gasteiger partial charge in [-0.25, -0.2) is 14.8 Å². The topological polar surface area (TPSA) is 118 Å². The molecule has 43 heavy (non-hydrogen) atoms. The second-order valence-electron chi connectivity index (χ2n) is 11.3. The first-order valence-corrected chi connectivity index (χ1v) is 15.3. The van der Waals surface area contributed by atoms with Gasteiger partial charge in [0.2, 0.25) is 0 Å². The predicted molar refractivity (Wildman–Crippen MR) is 168 cm³/mol. The summed E-state index contributed by atoms with van der Waals surface area (Å²) in [6.45, 7) is 6.31. The fraction of sp³-hybridized carbons (Fsp3) is 0.455. The van der Waals surface area contributed by atoms with Crippen molar-refractivity contribution >= 4 is 29.1 Å². The zero-order chi connectivity index (χ0) is 30.0. The number of hydrogen-bond acceptors (Lipinski definition) is 7. The molecule has 2 aliphatic rings. The maximum atomic E-state index is 13.3. The summed E-state index contributed by atoms with van der Waals surface area (Å²) in [7, 11) is 1.60. The van der Waals surface area contributed by atoms with Gasteiger partial charge in [0, 0.05) is 37.0 Å². The molecule has 1 aromatic heterocycles. The zero-order valence-electron chi connectivity index (χ0n) is 25.2. The van der Waals surface area contributed by atoms with Crippen molar-refractivity contribution in [1.29, 1.82) is 0 Å². The Morgan fingerprint density at radius 2 is 1.79 bits per heavy atom. The Morgan fingerprint density at radius 3 is 2.58 bits per heavy atom. The minimum absolute atomic E-state index is 0.278. The Bertz CT molecular complexity index is 1400. The molecule has 0 bridgehead atoms. The number of carbonyl (C=O) groups excluding carboxylic acids is 2. The van der Waals surface area contributed by atoms with Crippen LogP contribution < -0.4 is 20.7 Å². The van der Waals surface area contributed by atoms with Gasteiger partial charge in [0.15, 0.2) is 0 Å². The van der Waals surface area contributed by atoms with E-state index in [0.29, 0.717) is 40.2 Å². The van der Waals surface area contributed by atoms with Crippen LogP contribution in [0.3, 0.4) is 0 Å². The van der Waals surface area contributed by atoms with E-state index in [-0.39, 0.29) is 5.91 Å². The molecule has 3 amide bonds. The minimum atomic E-state index is -0.444. The van der Waals surface area contributed by atoms with Gasteiger partial charge < -0.3 is 20.1 Å². The number of methoxy groups -OCH3 is 1. The van der Waals surface area contributed by atoms with E-state index >= 15 is 0 Å². The number of urea groups is 1.